The molecular weight excluding hydrogens is 254 g/mol. The van der Waals surface area contributed by atoms with Gasteiger partial charge in [0.2, 0.25) is 0 Å². The zero-order chi connectivity index (χ0) is 13.9. The molecule has 2 aromatic rings. The van der Waals surface area contributed by atoms with Crippen LogP contribution in [0.25, 0.3) is 10.9 Å². The van der Waals surface area contributed by atoms with E-state index in [-0.39, 0.29) is 12.0 Å². The quantitative estimate of drug-likeness (QED) is 0.890. The molecule has 1 aliphatic rings. The normalized spacial score (nSPS) is 22.1. The van der Waals surface area contributed by atoms with Crippen molar-refractivity contribution in [3.8, 4) is 0 Å². The SMILES string of the molecule is NC[C@H]1CC[C@@H](C(=O)Nc2cccc3ncccc23)O1. The maximum Gasteiger partial charge on any atom is 0.253 e. The molecule has 3 rings (SSSR count). The van der Waals surface area contributed by atoms with Crippen molar-refractivity contribution in [3.63, 3.8) is 0 Å². The highest BCUT2D eigenvalue weighted by Crippen LogP contribution is 2.24. The standard InChI is InChI=1S/C15H17N3O2/c16-9-10-6-7-14(20-10)15(19)18-13-5-1-4-12-11(13)3-2-8-17-12/h1-5,8,10,14H,6-7,9,16H2,(H,18,19)/t10-,14+/m1/s1. The average molecular weight is 271 g/mol. The highest BCUT2D eigenvalue weighted by Gasteiger charge is 2.29. The molecule has 1 aliphatic heterocycles. The van der Waals surface area contributed by atoms with Gasteiger partial charge < -0.3 is 15.8 Å². The fourth-order valence-corrected chi connectivity index (χ4v) is 2.50. The second-order valence-corrected chi connectivity index (χ2v) is 4.92. The van der Waals surface area contributed by atoms with Crippen LogP contribution in [-0.2, 0) is 9.53 Å². The van der Waals surface area contributed by atoms with Gasteiger partial charge in [-0.2, -0.15) is 0 Å². The van der Waals surface area contributed by atoms with Gasteiger partial charge in [0.05, 0.1) is 17.3 Å². The molecule has 5 heteroatoms. The van der Waals surface area contributed by atoms with Gasteiger partial charge >= 0.3 is 0 Å². The van der Waals surface area contributed by atoms with Crippen LogP contribution in [0.3, 0.4) is 0 Å². The number of hydrogen-bond acceptors (Lipinski definition) is 4. The van der Waals surface area contributed by atoms with Gasteiger partial charge in [0.25, 0.3) is 5.91 Å². The lowest BCUT2D eigenvalue weighted by atomic mass is 10.1. The number of carbonyl (C=O) groups is 1. The van der Waals surface area contributed by atoms with Gasteiger partial charge in [0.15, 0.2) is 0 Å². The summed E-state index contributed by atoms with van der Waals surface area (Å²) in [5.41, 5.74) is 7.18. The number of rotatable bonds is 3. The Bertz CT molecular complexity index is 624. The summed E-state index contributed by atoms with van der Waals surface area (Å²) in [6.45, 7) is 0.460. The fraction of sp³-hybridized carbons (Fsp3) is 0.333. The number of carbonyl (C=O) groups excluding carboxylic acids is 1. The van der Waals surface area contributed by atoms with E-state index in [1.54, 1.807) is 6.20 Å². The number of nitrogens with zero attached hydrogens (tertiary/aromatic N) is 1. The molecule has 1 aromatic heterocycles. The van der Waals surface area contributed by atoms with Gasteiger partial charge in [0.1, 0.15) is 6.10 Å². The Morgan fingerprint density at radius 1 is 1.35 bits per heavy atom. The Hall–Kier alpha value is -1.98. The van der Waals surface area contributed by atoms with Crippen LogP contribution >= 0.6 is 0 Å². The molecule has 0 aliphatic carbocycles. The summed E-state index contributed by atoms with van der Waals surface area (Å²) in [4.78, 5) is 16.5. The van der Waals surface area contributed by atoms with E-state index in [0.29, 0.717) is 6.54 Å². The lowest BCUT2D eigenvalue weighted by Gasteiger charge is -2.13. The first-order valence-corrected chi connectivity index (χ1v) is 6.78. The van der Waals surface area contributed by atoms with Crippen molar-refractivity contribution >= 4 is 22.5 Å². The van der Waals surface area contributed by atoms with E-state index >= 15 is 0 Å². The molecule has 1 amide bonds. The van der Waals surface area contributed by atoms with Crippen LogP contribution in [0.1, 0.15) is 12.8 Å². The van der Waals surface area contributed by atoms with E-state index in [9.17, 15) is 4.79 Å². The van der Waals surface area contributed by atoms with Crippen molar-refractivity contribution < 1.29 is 9.53 Å². The van der Waals surface area contributed by atoms with Crippen LogP contribution in [0, 0.1) is 0 Å². The first-order valence-electron chi connectivity index (χ1n) is 6.78. The highest BCUT2D eigenvalue weighted by molar-refractivity contribution is 6.02. The number of fused-ring (bicyclic) bond motifs is 1. The van der Waals surface area contributed by atoms with Gasteiger partial charge in [-0.15, -0.1) is 0 Å². The van der Waals surface area contributed by atoms with Crippen LogP contribution in [0.4, 0.5) is 5.69 Å². The lowest BCUT2D eigenvalue weighted by molar-refractivity contribution is -0.126. The van der Waals surface area contributed by atoms with E-state index in [0.717, 1.165) is 29.4 Å². The molecule has 3 N–H and O–H groups in total. The van der Waals surface area contributed by atoms with E-state index < -0.39 is 6.10 Å². The highest BCUT2D eigenvalue weighted by atomic mass is 16.5. The molecule has 2 heterocycles. The zero-order valence-corrected chi connectivity index (χ0v) is 11.1. The van der Waals surface area contributed by atoms with E-state index in [2.05, 4.69) is 10.3 Å². The Labute approximate surface area is 117 Å². The van der Waals surface area contributed by atoms with Crippen LogP contribution in [-0.4, -0.2) is 29.6 Å². The minimum absolute atomic E-state index is 0.0000609. The Morgan fingerprint density at radius 2 is 2.25 bits per heavy atom. The van der Waals surface area contributed by atoms with Gasteiger partial charge in [-0.3, -0.25) is 9.78 Å². The summed E-state index contributed by atoms with van der Waals surface area (Å²) in [7, 11) is 0. The molecule has 1 fully saturated rings. The van der Waals surface area contributed by atoms with Crippen molar-refractivity contribution in [1.29, 1.82) is 0 Å². The summed E-state index contributed by atoms with van der Waals surface area (Å²) in [6.07, 6.45) is 2.89. The number of anilines is 1. The van der Waals surface area contributed by atoms with Crippen LogP contribution < -0.4 is 11.1 Å². The predicted molar refractivity (Wildman–Crippen MR) is 77.3 cm³/mol. The van der Waals surface area contributed by atoms with E-state index in [1.165, 1.54) is 0 Å². The molecular formula is C15H17N3O2. The largest absolute Gasteiger partial charge is 0.364 e. The Kier molecular flexibility index (Phi) is 3.62. The number of benzene rings is 1. The first kappa shape index (κ1) is 13.0. The van der Waals surface area contributed by atoms with Gasteiger partial charge in [0, 0.05) is 18.1 Å². The zero-order valence-electron chi connectivity index (χ0n) is 11.1. The third kappa shape index (κ3) is 2.50. The average Bonchev–Trinajstić information content (AvgIpc) is 2.97. The number of amides is 1. The number of pyridine rings is 1. The van der Waals surface area contributed by atoms with Crippen LogP contribution in [0.2, 0.25) is 0 Å². The van der Waals surface area contributed by atoms with Crippen molar-refractivity contribution in [2.24, 2.45) is 5.73 Å². The van der Waals surface area contributed by atoms with E-state index in [1.807, 2.05) is 30.3 Å². The van der Waals surface area contributed by atoms with Crippen molar-refractivity contribution in [1.82, 2.24) is 4.98 Å². The van der Waals surface area contributed by atoms with Crippen molar-refractivity contribution in [2.45, 2.75) is 25.0 Å². The summed E-state index contributed by atoms with van der Waals surface area (Å²) < 4.78 is 5.60. The van der Waals surface area contributed by atoms with Crippen LogP contribution in [0.15, 0.2) is 36.5 Å². The molecule has 2 atom stereocenters. The van der Waals surface area contributed by atoms with Crippen LogP contribution in [0.5, 0.6) is 0 Å². The number of nitrogens with one attached hydrogen (secondary N) is 1. The summed E-state index contributed by atoms with van der Waals surface area (Å²) in [5.74, 6) is -0.114. The molecule has 20 heavy (non-hydrogen) atoms. The van der Waals surface area contributed by atoms with Crippen molar-refractivity contribution in [2.75, 3.05) is 11.9 Å². The second-order valence-electron chi connectivity index (χ2n) is 4.92. The fourth-order valence-electron chi connectivity index (χ4n) is 2.50. The number of ether oxygens (including phenoxy) is 1. The maximum absolute atomic E-state index is 12.2. The molecule has 1 saturated heterocycles. The molecule has 0 saturated carbocycles. The summed E-state index contributed by atoms with van der Waals surface area (Å²) in [5, 5.41) is 3.85. The second kappa shape index (κ2) is 5.56. The topological polar surface area (TPSA) is 77.2 Å². The number of nitrogens with two attached hydrogens (primary N) is 1. The molecule has 1 aromatic carbocycles. The van der Waals surface area contributed by atoms with E-state index in [4.69, 9.17) is 10.5 Å². The minimum atomic E-state index is -0.407. The summed E-state index contributed by atoms with van der Waals surface area (Å²) >= 11 is 0. The molecule has 0 spiro atoms. The maximum atomic E-state index is 12.2. The van der Waals surface area contributed by atoms with Crippen molar-refractivity contribution in [3.05, 3.63) is 36.5 Å². The lowest BCUT2D eigenvalue weighted by Crippen LogP contribution is -2.29. The molecule has 0 unspecified atom stereocenters. The smallest absolute Gasteiger partial charge is 0.253 e. The summed E-state index contributed by atoms with van der Waals surface area (Å²) in [6, 6.07) is 9.46. The minimum Gasteiger partial charge on any atom is -0.364 e. The monoisotopic (exact) mass is 271 g/mol. The Morgan fingerprint density at radius 3 is 3.05 bits per heavy atom. The molecule has 5 nitrogen and oxygen atoms in total. The predicted octanol–water partition coefficient (Wildman–Crippen LogP) is 1.68. The Balaban J connectivity index is 1.78. The first-order chi connectivity index (χ1) is 9.78. The van der Waals surface area contributed by atoms with Gasteiger partial charge in [-0.25, -0.2) is 0 Å². The number of aromatic nitrogens is 1. The molecule has 0 radical (unpaired) electrons. The number of hydrogen-bond donors (Lipinski definition) is 2. The van der Waals surface area contributed by atoms with Gasteiger partial charge in [-0.05, 0) is 37.1 Å². The van der Waals surface area contributed by atoms with Gasteiger partial charge in [-0.1, -0.05) is 6.07 Å². The third-order valence-electron chi connectivity index (χ3n) is 3.57. The third-order valence-corrected chi connectivity index (χ3v) is 3.57. The molecule has 0 bridgehead atoms. The molecule has 104 valence electrons.